The first kappa shape index (κ1) is 11.5. The van der Waals surface area contributed by atoms with Crippen molar-refractivity contribution >= 4 is 23.2 Å². The van der Waals surface area contributed by atoms with Crippen molar-refractivity contribution in [3.63, 3.8) is 0 Å². The summed E-state index contributed by atoms with van der Waals surface area (Å²) in [6.07, 6.45) is 0. The fourth-order valence-corrected chi connectivity index (χ4v) is 1.03. The molecule has 0 aromatic rings. The Morgan fingerprint density at radius 1 is 1.27 bits per heavy atom. The number of hydrogen-bond donors (Lipinski definition) is 1. The number of piperazine rings is 1. The summed E-state index contributed by atoms with van der Waals surface area (Å²) in [6, 6.07) is 0. The second kappa shape index (κ2) is 8.60. The van der Waals surface area contributed by atoms with Gasteiger partial charge in [0.1, 0.15) is 0 Å². The standard InChI is InChI=1S/C6H14N2.CH2Cl2/c1-2-8-5-3-7-4-6-8;2-1-3/h7H,2-6H2,1H3;1H2. The van der Waals surface area contributed by atoms with E-state index in [4.69, 9.17) is 23.2 Å². The fourth-order valence-electron chi connectivity index (χ4n) is 1.03. The van der Waals surface area contributed by atoms with Crippen molar-refractivity contribution in [3.05, 3.63) is 0 Å². The van der Waals surface area contributed by atoms with Crippen molar-refractivity contribution < 1.29 is 0 Å². The summed E-state index contributed by atoms with van der Waals surface area (Å²) in [4.78, 5) is 2.45. The minimum Gasteiger partial charge on any atom is -0.314 e. The molecular weight excluding hydrogens is 183 g/mol. The minimum atomic E-state index is 0.194. The van der Waals surface area contributed by atoms with Gasteiger partial charge in [0.15, 0.2) is 0 Å². The van der Waals surface area contributed by atoms with Gasteiger partial charge >= 0.3 is 0 Å². The summed E-state index contributed by atoms with van der Waals surface area (Å²) in [5.41, 5.74) is 0. The van der Waals surface area contributed by atoms with Crippen LogP contribution in [0.15, 0.2) is 0 Å². The van der Waals surface area contributed by atoms with E-state index in [9.17, 15) is 0 Å². The van der Waals surface area contributed by atoms with E-state index >= 15 is 0 Å². The third-order valence-corrected chi connectivity index (χ3v) is 1.66. The minimum absolute atomic E-state index is 0.194. The molecule has 0 bridgehead atoms. The zero-order valence-electron chi connectivity index (χ0n) is 6.95. The molecule has 1 heterocycles. The van der Waals surface area contributed by atoms with Gasteiger partial charge in [-0.2, -0.15) is 0 Å². The van der Waals surface area contributed by atoms with E-state index < -0.39 is 0 Å². The Morgan fingerprint density at radius 3 is 2.00 bits per heavy atom. The monoisotopic (exact) mass is 198 g/mol. The lowest BCUT2D eigenvalue weighted by atomic mass is 10.4. The van der Waals surface area contributed by atoms with Crippen LogP contribution in [0.5, 0.6) is 0 Å². The van der Waals surface area contributed by atoms with Crippen molar-refractivity contribution in [3.8, 4) is 0 Å². The Hall–Kier alpha value is 0.500. The van der Waals surface area contributed by atoms with E-state index in [-0.39, 0.29) is 5.34 Å². The van der Waals surface area contributed by atoms with Crippen LogP contribution in [-0.4, -0.2) is 43.0 Å². The third-order valence-electron chi connectivity index (χ3n) is 1.66. The number of rotatable bonds is 1. The van der Waals surface area contributed by atoms with Gasteiger partial charge in [-0.3, -0.25) is 0 Å². The molecule has 0 aromatic heterocycles. The molecule has 1 rings (SSSR count). The lowest BCUT2D eigenvalue weighted by Crippen LogP contribution is -2.43. The fraction of sp³-hybridized carbons (Fsp3) is 1.00. The van der Waals surface area contributed by atoms with Crippen LogP contribution in [-0.2, 0) is 0 Å². The lowest BCUT2D eigenvalue weighted by molar-refractivity contribution is 0.253. The molecule has 0 aliphatic carbocycles. The van der Waals surface area contributed by atoms with E-state index in [1.807, 2.05) is 0 Å². The average Bonchev–Trinajstić information content (AvgIpc) is 2.08. The van der Waals surface area contributed by atoms with Crippen LogP contribution in [0.25, 0.3) is 0 Å². The Morgan fingerprint density at radius 2 is 1.73 bits per heavy atom. The highest BCUT2D eigenvalue weighted by molar-refractivity contribution is 6.40. The van der Waals surface area contributed by atoms with Crippen LogP contribution in [0.3, 0.4) is 0 Å². The van der Waals surface area contributed by atoms with Crippen LogP contribution in [0.4, 0.5) is 0 Å². The first-order chi connectivity index (χ1) is 5.35. The number of alkyl halides is 2. The number of halogens is 2. The number of nitrogens with zero attached hydrogens (tertiary/aromatic N) is 1. The highest BCUT2D eigenvalue weighted by Crippen LogP contribution is 1.88. The molecule has 1 saturated heterocycles. The van der Waals surface area contributed by atoms with Gasteiger partial charge in [-0.05, 0) is 6.54 Å². The van der Waals surface area contributed by atoms with Gasteiger partial charge in [0, 0.05) is 26.2 Å². The Labute approximate surface area is 78.8 Å². The van der Waals surface area contributed by atoms with E-state index in [1.54, 1.807) is 0 Å². The van der Waals surface area contributed by atoms with Gasteiger partial charge in [-0.25, -0.2) is 0 Å². The summed E-state index contributed by atoms with van der Waals surface area (Å²) in [5.74, 6) is 0. The predicted molar refractivity (Wildman–Crippen MR) is 51.6 cm³/mol. The molecule has 1 aliphatic heterocycles. The normalized spacial score (nSPS) is 18.8. The molecule has 4 heteroatoms. The molecule has 0 aromatic carbocycles. The molecule has 0 unspecified atom stereocenters. The van der Waals surface area contributed by atoms with E-state index in [2.05, 4.69) is 17.1 Å². The SMILES string of the molecule is CCN1CCNCC1.ClCCl. The highest BCUT2D eigenvalue weighted by atomic mass is 35.5. The number of hydrogen-bond acceptors (Lipinski definition) is 2. The van der Waals surface area contributed by atoms with Gasteiger partial charge in [0.2, 0.25) is 0 Å². The zero-order chi connectivity index (χ0) is 8.53. The predicted octanol–water partition coefficient (Wildman–Crippen LogP) is 1.33. The smallest absolute Gasteiger partial charge is 0.0967 e. The van der Waals surface area contributed by atoms with E-state index in [0.29, 0.717) is 0 Å². The molecule has 0 amide bonds. The van der Waals surface area contributed by atoms with E-state index in [1.165, 1.54) is 32.7 Å². The maximum atomic E-state index is 4.76. The van der Waals surface area contributed by atoms with Crippen molar-refractivity contribution in [1.82, 2.24) is 10.2 Å². The molecule has 0 radical (unpaired) electrons. The van der Waals surface area contributed by atoms with Gasteiger partial charge < -0.3 is 10.2 Å². The summed E-state index contributed by atoms with van der Waals surface area (Å²) >= 11 is 9.53. The van der Waals surface area contributed by atoms with Gasteiger partial charge in [-0.1, -0.05) is 6.92 Å². The number of likely N-dealkylation sites (N-methyl/N-ethyl adjacent to an activating group) is 1. The van der Waals surface area contributed by atoms with Gasteiger partial charge in [-0.15, -0.1) is 23.2 Å². The summed E-state index contributed by atoms with van der Waals surface area (Å²) < 4.78 is 0. The molecule has 1 fully saturated rings. The number of nitrogens with one attached hydrogen (secondary N) is 1. The van der Waals surface area contributed by atoms with Gasteiger partial charge in [0.25, 0.3) is 0 Å². The zero-order valence-corrected chi connectivity index (χ0v) is 8.46. The molecule has 1 aliphatic rings. The second-order valence-electron chi connectivity index (χ2n) is 2.29. The van der Waals surface area contributed by atoms with Crippen LogP contribution >= 0.6 is 23.2 Å². The van der Waals surface area contributed by atoms with Crippen LogP contribution < -0.4 is 5.32 Å². The van der Waals surface area contributed by atoms with Crippen molar-refractivity contribution in [2.45, 2.75) is 6.92 Å². The van der Waals surface area contributed by atoms with Crippen LogP contribution in [0, 0.1) is 0 Å². The maximum absolute atomic E-state index is 4.76. The molecule has 0 saturated carbocycles. The lowest BCUT2D eigenvalue weighted by Gasteiger charge is -2.25. The highest BCUT2D eigenvalue weighted by Gasteiger charge is 2.04. The van der Waals surface area contributed by atoms with Crippen molar-refractivity contribution in [2.75, 3.05) is 38.1 Å². The molecule has 0 spiro atoms. The largest absolute Gasteiger partial charge is 0.314 e. The first-order valence-electron chi connectivity index (χ1n) is 3.90. The average molecular weight is 199 g/mol. The Kier molecular flexibility index (Phi) is 8.99. The van der Waals surface area contributed by atoms with Gasteiger partial charge in [0.05, 0.1) is 5.34 Å². The van der Waals surface area contributed by atoms with Crippen LogP contribution in [0.2, 0.25) is 0 Å². The topological polar surface area (TPSA) is 15.3 Å². The molecule has 11 heavy (non-hydrogen) atoms. The summed E-state index contributed by atoms with van der Waals surface area (Å²) in [5, 5.41) is 3.50. The first-order valence-corrected chi connectivity index (χ1v) is 4.97. The third kappa shape index (κ3) is 6.88. The van der Waals surface area contributed by atoms with E-state index in [0.717, 1.165) is 0 Å². The second-order valence-corrected chi connectivity index (χ2v) is 3.09. The molecule has 68 valence electrons. The van der Waals surface area contributed by atoms with Crippen molar-refractivity contribution in [1.29, 1.82) is 0 Å². The van der Waals surface area contributed by atoms with Crippen molar-refractivity contribution in [2.24, 2.45) is 0 Å². The quantitative estimate of drug-likeness (QED) is 0.641. The Bertz CT molecular complexity index is 74.8. The Balaban J connectivity index is 0.000000292. The van der Waals surface area contributed by atoms with Crippen LogP contribution in [0.1, 0.15) is 6.92 Å². The molecule has 0 atom stereocenters. The summed E-state index contributed by atoms with van der Waals surface area (Å²) in [7, 11) is 0. The molecular formula is C7H16Cl2N2. The molecule has 1 N–H and O–H groups in total. The summed E-state index contributed by atoms with van der Waals surface area (Å²) in [6.45, 7) is 8.24. The maximum Gasteiger partial charge on any atom is 0.0967 e. The molecule has 2 nitrogen and oxygen atoms in total.